The van der Waals surface area contributed by atoms with Crippen molar-refractivity contribution in [3.05, 3.63) is 29.6 Å². The van der Waals surface area contributed by atoms with E-state index in [1.165, 1.54) is 12.1 Å². The van der Waals surface area contributed by atoms with Gasteiger partial charge in [-0.1, -0.05) is 5.92 Å². The summed E-state index contributed by atoms with van der Waals surface area (Å²) in [6.07, 6.45) is 5.13. The standard InChI is InChI=1S/C14H18FNO/c1-5-8-17-13-7-6-12(15)9-11(13)10-16-14(2,3)4/h1,6-7,9,16H,8,10H2,2-4H3. The Morgan fingerprint density at radius 3 is 2.71 bits per heavy atom. The van der Waals surface area contributed by atoms with Crippen LogP contribution in [0, 0.1) is 18.2 Å². The highest BCUT2D eigenvalue weighted by Crippen LogP contribution is 2.20. The monoisotopic (exact) mass is 235 g/mol. The minimum Gasteiger partial charge on any atom is -0.481 e. The summed E-state index contributed by atoms with van der Waals surface area (Å²) in [5.74, 6) is 2.75. The largest absolute Gasteiger partial charge is 0.481 e. The molecule has 2 nitrogen and oxygen atoms in total. The molecule has 1 rings (SSSR count). The number of rotatable bonds is 4. The van der Waals surface area contributed by atoms with Gasteiger partial charge in [0.25, 0.3) is 0 Å². The lowest BCUT2D eigenvalue weighted by atomic mass is 10.1. The van der Waals surface area contributed by atoms with Gasteiger partial charge in [-0.3, -0.25) is 0 Å². The van der Waals surface area contributed by atoms with Crippen LogP contribution < -0.4 is 10.1 Å². The molecule has 0 unspecified atom stereocenters. The maximum Gasteiger partial charge on any atom is 0.148 e. The highest BCUT2D eigenvalue weighted by atomic mass is 19.1. The third-order valence-electron chi connectivity index (χ3n) is 2.14. The van der Waals surface area contributed by atoms with Crippen molar-refractivity contribution < 1.29 is 9.13 Å². The van der Waals surface area contributed by atoms with Gasteiger partial charge in [0.15, 0.2) is 0 Å². The average molecular weight is 235 g/mol. The van der Waals surface area contributed by atoms with Crippen molar-refractivity contribution in [2.24, 2.45) is 0 Å². The van der Waals surface area contributed by atoms with E-state index in [-0.39, 0.29) is 18.0 Å². The van der Waals surface area contributed by atoms with Crippen LogP contribution in [0.1, 0.15) is 26.3 Å². The molecule has 1 aromatic rings. The smallest absolute Gasteiger partial charge is 0.148 e. The molecule has 0 bridgehead atoms. The molecular formula is C14H18FNO. The van der Waals surface area contributed by atoms with E-state index >= 15 is 0 Å². The Hall–Kier alpha value is -1.53. The normalized spacial score (nSPS) is 11.0. The van der Waals surface area contributed by atoms with Gasteiger partial charge in [0, 0.05) is 17.6 Å². The van der Waals surface area contributed by atoms with Crippen LogP contribution in [0.5, 0.6) is 5.75 Å². The van der Waals surface area contributed by atoms with Crippen molar-refractivity contribution >= 4 is 0 Å². The Labute approximate surface area is 102 Å². The van der Waals surface area contributed by atoms with Crippen LogP contribution in [-0.2, 0) is 6.54 Å². The van der Waals surface area contributed by atoms with Gasteiger partial charge in [-0.2, -0.15) is 0 Å². The Morgan fingerprint density at radius 1 is 1.41 bits per heavy atom. The Balaban J connectivity index is 2.80. The number of ether oxygens (including phenoxy) is 1. The molecule has 0 atom stereocenters. The Kier molecular flexibility index (Phi) is 4.53. The maximum atomic E-state index is 13.2. The van der Waals surface area contributed by atoms with E-state index in [1.54, 1.807) is 6.07 Å². The second-order valence-electron chi connectivity index (χ2n) is 4.85. The van der Waals surface area contributed by atoms with E-state index in [4.69, 9.17) is 11.2 Å². The van der Waals surface area contributed by atoms with Crippen molar-refractivity contribution in [1.82, 2.24) is 5.32 Å². The van der Waals surface area contributed by atoms with Gasteiger partial charge in [-0.05, 0) is 39.0 Å². The predicted octanol–water partition coefficient (Wildman–Crippen LogP) is 2.73. The highest BCUT2D eigenvalue weighted by molar-refractivity contribution is 5.34. The summed E-state index contributed by atoms with van der Waals surface area (Å²) >= 11 is 0. The van der Waals surface area contributed by atoms with Gasteiger partial charge in [0.05, 0.1) is 0 Å². The SMILES string of the molecule is C#CCOc1ccc(F)cc1CNC(C)(C)C. The number of hydrogen-bond acceptors (Lipinski definition) is 2. The van der Waals surface area contributed by atoms with Gasteiger partial charge >= 0.3 is 0 Å². The van der Waals surface area contributed by atoms with Crippen molar-refractivity contribution in [2.45, 2.75) is 32.9 Å². The molecule has 0 fully saturated rings. The fraction of sp³-hybridized carbons (Fsp3) is 0.429. The lowest BCUT2D eigenvalue weighted by Crippen LogP contribution is -2.35. The summed E-state index contributed by atoms with van der Waals surface area (Å²) in [6, 6.07) is 4.43. The van der Waals surface area contributed by atoms with E-state index in [2.05, 4.69) is 11.2 Å². The minimum absolute atomic E-state index is 0.0320. The lowest BCUT2D eigenvalue weighted by Gasteiger charge is -2.21. The zero-order valence-electron chi connectivity index (χ0n) is 10.5. The van der Waals surface area contributed by atoms with Crippen LogP contribution in [0.25, 0.3) is 0 Å². The molecule has 0 saturated carbocycles. The molecule has 0 radical (unpaired) electrons. The first kappa shape index (κ1) is 13.5. The first-order chi connectivity index (χ1) is 7.92. The van der Waals surface area contributed by atoms with Crippen LogP contribution in [-0.4, -0.2) is 12.1 Å². The van der Waals surface area contributed by atoms with E-state index in [1.807, 2.05) is 20.8 Å². The lowest BCUT2D eigenvalue weighted by molar-refractivity contribution is 0.357. The topological polar surface area (TPSA) is 21.3 Å². The molecule has 0 saturated heterocycles. The Morgan fingerprint density at radius 2 is 2.12 bits per heavy atom. The summed E-state index contributed by atoms with van der Waals surface area (Å²) in [5.41, 5.74) is 0.741. The number of hydrogen-bond donors (Lipinski definition) is 1. The first-order valence-corrected chi connectivity index (χ1v) is 5.52. The van der Waals surface area contributed by atoms with E-state index < -0.39 is 0 Å². The zero-order valence-corrected chi connectivity index (χ0v) is 10.5. The predicted molar refractivity (Wildman–Crippen MR) is 67.3 cm³/mol. The van der Waals surface area contributed by atoms with Gasteiger partial charge < -0.3 is 10.1 Å². The summed E-state index contributed by atoms with van der Waals surface area (Å²) in [6.45, 7) is 6.88. The van der Waals surface area contributed by atoms with Gasteiger partial charge in [0.2, 0.25) is 0 Å². The van der Waals surface area contributed by atoms with Gasteiger partial charge in [-0.15, -0.1) is 6.42 Å². The number of halogens is 1. The van der Waals surface area contributed by atoms with E-state index in [0.717, 1.165) is 5.56 Å². The molecule has 17 heavy (non-hydrogen) atoms. The fourth-order valence-corrected chi connectivity index (χ4v) is 1.31. The molecule has 1 aromatic carbocycles. The Bertz CT molecular complexity index is 415. The fourth-order valence-electron chi connectivity index (χ4n) is 1.31. The summed E-state index contributed by atoms with van der Waals surface area (Å²) in [7, 11) is 0. The van der Waals surface area contributed by atoms with E-state index in [9.17, 15) is 4.39 Å². The molecule has 0 aromatic heterocycles. The van der Waals surface area contributed by atoms with Crippen LogP contribution in [0.4, 0.5) is 4.39 Å². The second-order valence-corrected chi connectivity index (χ2v) is 4.85. The molecule has 1 N–H and O–H groups in total. The van der Waals surface area contributed by atoms with Crippen molar-refractivity contribution in [1.29, 1.82) is 0 Å². The quantitative estimate of drug-likeness (QED) is 0.810. The molecule has 0 heterocycles. The van der Waals surface area contributed by atoms with Crippen LogP contribution in [0.2, 0.25) is 0 Å². The number of terminal acetylenes is 1. The zero-order chi connectivity index (χ0) is 12.9. The molecular weight excluding hydrogens is 217 g/mol. The molecule has 0 aliphatic rings. The molecule has 0 aliphatic heterocycles. The molecule has 92 valence electrons. The van der Waals surface area contributed by atoms with Crippen molar-refractivity contribution in [3.63, 3.8) is 0 Å². The van der Waals surface area contributed by atoms with Crippen LogP contribution in [0.15, 0.2) is 18.2 Å². The molecule has 3 heteroatoms. The van der Waals surface area contributed by atoms with Crippen LogP contribution >= 0.6 is 0 Å². The van der Waals surface area contributed by atoms with Crippen LogP contribution in [0.3, 0.4) is 0 Å². The van der Waals surface area contributed by atoms with Crippen molar-refractivity contribution in [2.75, 3.05) is 6.61 Å². The molecule has 0 spiro atoms. The molecule has 0 amide bonds. The second kappa shape index (κ2) is 5.70. The summed E-state index contributed by atoms with van der Waals surface area (Å²) in [5, 5.41) is 3.28. The first-order valence-electron chi connectivity index (χ1n) is 5.52. The highest BCUT2D eigenvalue weighted by Gasteiger charge is 2.11. The maximum absolute atomic E-state index is 13.2. The summed E-state index contributed by atoms with van der Waals surface area (Å²) < 4.78 is 18.5. The van der Waals surface area contributed by atoms with E-state index in [0.29, 0.717) is 12.3 Å². The third kappa shape index (κ3) is 4.88. The van der Waals surface area contributed by atoms with Gasteiger partial charge in [0.1, 0.15) is 18.2 Å². The number of nitrogens with one attached hydrogen (secondary N) is 1. The number of benzene rings is 1. The summed E-state index contributed by atoms with van der Waals surface area (Å²) in [4.78, 5) is 0. The molecule has 0 aliphatic carbocycles. The third-order valence-corrected chi connectivity index (χ3v) is 2.14. The average Bonchev–Trinajstić information content (AvgIpc) is 2.24. The van der Waals surface area contributed by atoms with Gasteiger partial charge in [-0.25, -0.2) is 4.39 Å². The van der Waals surface area contributed by atoms with Crippen molar-refractivity contribution in [3.8, 4) is 18.1 Å². The minimum atomic E-state index is -0.274.